The third kappa shape index (κ3) is 4.08. The third-order valence-corrected chi connectivity index (χ3v) is 4.67. The van der Waals surface area contributed by atoms with Gasteiger partial charge in [0.25, 0.3) is 0 Å². The van der Waals surface area contributed by atoms with Gasteiger partial charge in [-0.25, -0.2) is 4.98 Å². The molecule has 3 rings (SSSR count). The number of aryl methyl sites for hydroxylation is 2. The lowest BCUT2D eigenvalue weighted by Crippen LogP contribution is -2.31. The summed E-state index contributed by atoms with van der Waals surface area (Å²) in [7, 11) is 0. The van der Waals surface area contributed by atoms with Crippen molar-refractivity contribution in [2.24, 2.45) is 0 Å². The maximum absolute atomic E-state index is 12.8. The van der Waals surface area contributed by atoms with E-state index in [9.17, 15) is 4.79 Å². The largest absolute Gasteiger partial charge is 0.361 e. The lowest BCUT2D eigenvalue weighted by Gasteiger charge is -2.22. The number of carbonyl (C=O) groups is 1. The molecule has 24 heavy (non-hydrogen) atoms. The smallest absolute Gasteiger partial charge is 0.230 e. The van der Waals surface area contributed by atoms with Crippen molar-refractivity contribution in [1.29, 1.82) is 0 Å². The Hall–Kier alpha value is -2.47. The van der Waals surface area contributed by atoms with Gasteiger partial charge in [-0.1, -0.05) is 35.5 Å². The molecule has 6 heteroatoms. The number of hydrogen-bond donors (Lipinski definition) is 0. The van der Waals surface area contributed by atoms with Crippen LogP contribution in [0.5, 0.6) is 0 Å². The van der Waals surface area contributed by atoms with E-state index >= 15 is 0 Å². The maximum Gasteiger partial charge on any atom is 0.230 e. The molecule has 0 N–H and O–H groups in total. The summed E-state index contributed by atoms with van der Waals surface area (Å²) in [5.74, 6) is 0.611. The first-order valence-electron chi connectivity index (χ1n) is 7.74. The Kier molecular flexibility index (Phi) is 5.05. The zero-order valence-corrected chi connectivity index (χ0v) is 14.5. The molecule has 0 saturated carbocycles. The molecule has 0 radical (unpaired) electrons. The van der Waals surface area contributed by atoms with Crippen LogP contribution in [0, 0.1) is 13.8 Å². The SMILES string of the molecule is Cc1cc(CC(=O)N(Cc2ccccc2)Cc2scnc2C)on1. The number of amides is 1. The van der Waals surface area contributed by atoms with E-state index in [4.69, 9.17) is 4.52 Å². The van der Waals surface area contributed by atoms with Gasteiger partial charge in [0.1, 0.15) is 5.76 Å². The number of nitrogens with zero attached hydrogens (tertiary/aromatic N) is 3. The molecule has 1 aromatic carbocycles. The number of benzene rings is 1. The van der Waals surface area contributed by atoms with E-state index in [-0.39, 0.29) is 12.3 Å². The summed E-state index contributed by atoms with van der Waals surface area (Å²) >= 11 is 1.58. The second-order valence-corrected chi connectivity index (χ2v) is 6.65. The Morgan fingerprint density at radius 3 is 2.62 bits per heavy atom. The first-order valence-corrected chi connectivity index (χ1v) is 8.62. The summed E-state index contributed by atoms with van der Waals surface area (Å²) in [6.07, 6.45) is 0.214. The second-order valence-electron chi connectivity index (χ2n) is 5.71. The normalized spacial score (nSPS) is 10.8. The summed E-state index contributed by atoms with van der Waals surface area (Å²) in [4.78, 5) is 20.0. The quantitative estimate of drug-likeness (QED) is 0.688. The van der Waals surface area contributed by atoms with Gasteiger partial charge in [-0.15, -0.1) is 11.3 Å². The van der Waals surface area contributed by atoms with E-state index in [1.54, 1.807) is 17.4 Å². The zero-order valence-electron chi connectivity index (χ0n) is 13.7. The molecule has 1 amide bonds. The Morgan fingerprint density at radius 1 is 1.21 bits per heavy atom. The molecule has 3 aromatic rings. The molecule has 0 aliphatic carbocycles. The molecule has 0 aliphatic rings. The molecule has 0 fully saturated rings. The van der Waals surface area contributed by atoms with Crippen LogP contribution >= 0.6 is 11.3 Å². The van der Waals surface area contributed by atoms with Crippen molar-refractivity contribution in [1.82, 2.24) is 15.0 Å². The Balaban J connectivity index is 1.77. The topological polar surface area (TPSA) is 59.2 Å². The molecular formula is C18H19N3O2S. The maximum atomic E-state index is 12.8. The Labute approximate surface area is 144 Å². The summed E-state index contributed by atoms with van der Waals surface area (Å²) in [5.41, 5.74) is 4.67. The van der Waals surface area contributed by atoms with Crippen molar-refractivity contribution >= 4 is 17.2 Å². The van der Waals surface area contributed by atoms with E-state index in [1.165, 1.54) is 0 Å². The second kappa shape index (κ2) is 7.40. The van der Waals surface area contributed by atoms with Crippen molar-refractivity contribution in [2.75, 3.05) is 0 Å². The first kappa shape index (κ1) is 16.4. The fourth-order valence-corrected chi connectivity index (χ4v) is 3.24. The average molecular weight is 341 g/mol. The van der Waals surface area contributed by atoms with Crippen LogP contribution in [0.2, 0.25) is 0 Å². The van der Waals surface area contributed by atoms with E-state index in [2.05, 4.69) is 10.1 Å². The fourth-order valence-electron chi connectivity index (χ4n) is 2.45. The van der Waals surface area contributed by atoms with Gasteiger partial charge in [0.15, 0.2) is 0 Å². The lowest BCUT2D eigenvalue weighted by molar-refractivity contribution is -0.132. The molecular weight excluding hydrogens is 322 g/mol. The molecule has 0 bridgehead atoms. The summed E-state index contributed by atoms with van der Waals surface area (Å²) in [6.45, 7) is 4.93. The highest BCUT2D eigenvalue weighted by atomic mass is 32.1. The highest BCUT2D eigenvalue weighted by molar-refractivity contribution is 7.09. The van der Waals surface area contributed by atoms with Crippen LogP contribution in [0.25, 0.3) is 0 Å². The number of aromatic nitrogens is 2. The zero-order chi connectivity index (χ0) is 16.9. The minimum absolute atomic E-state index is 0.0165. The van der Waals surface area contributed by atoms with Crippen LogP contribution in [0.3, 0.4) is 0 Å². The van der Waals surface area contributed by atoms with Crippen molar-refractivity contribution in [3.05, 3.63) is 69.5 Å². The number of rotatable bonds is 6. The van der Waals surface area contributed by atoms with Crippen LogP contribution in [0.1, 0.15) is 27.6 Å². The van der Waals surface area contributed by atoms with E-state index < -0.39 is 0 Å². The predicted octanol–water partition coefficient (Wildman–Crippen LogP) is 3.52. The van der Waals surface area contributed by atoms with Crippen LogP contribution in [0.15, 0.2) is 46.4 Å². The molecule has 5 nitrogen and oxygen atoms in total. The van der Waals surface area contributed by atoms with Gasteiger partial charge >= 0.3 is 0 Å². The van der Waals surface area contributed by atoms with Crippen LogP contribution in [-0.4, -0.2) is 20.9 Å². The monoisotopic (exact) mass is 341 g/mol. The van der Waals surface area contributed by atoms with Gasteiger partial charge in [0.2, 0.25) is 5.91 Å². The lowest BCUT2D eigenvalue weighted by atomic mass is 10.2. The summed E-state index contributed by atoms with van der Waals surface area (Å²) < 4.78 is 5.19. The standard InChI is InChI=1S/C18H19N3O2S/c1-13-8-16(23-20-13)9-18(22)21(10-15-6-4-3-5-7-15)11-17-14(2)19-12-24-17/h3-8,12H,9-11H2,1-2H3. The van der Waals surface area contributed by atoms with Crippen molar-refractivity contribution in [3.8, 4) is 0 Å². The Morgan fingerprint density at radius 2 is 2.00 bits per heavy atom. The van der Waals surface area contributed by atoms with E-state index in [1.807, 2.05) is 54.6 Å². The average Bonchev–Trinajstić information content (AvgIpc) is 3.16. The van der Waals surface area contributed by atoms with Crippen LogP contribution in [0.4, 0.5) is 0 Å². The van der Waals surface area contributed by atoms with Crippen molar-refractivity contribution in [3.63, 3.8) is 0 Å². The molecule has 0 unspecified atom stereocenters. The van der Waals surface area contributed by atoms with Gasteiger partial charge in [-0.05, 0) is 19.4 Å². The summed E-state index contributed by atoms with van der Waals surface area (Å²) in [6, 6.07) is 11.8. The van der Waals surface area contributed by atoms with Crippen molar-refractivity contribution in [2.45, 2.75) is 33.4 Å². The fraction of sp³-hybridized carbons (Fsp3) is 0.278. The van der Waals surface area contributed by atoms with Gasteiger partial charge in [-0.3, -0.25) is 4.79 Å². The molecule has 0 spiro atoms. The minimum atomic E-state index is 0.0165. The van der Waals surface area contributed by atoms with Crippen LogP contribution < -0.4 is 0 Å². The van der Waals surface area contributed by atoms with Gasteiger partial charge in [0.05, 0.1) is 29.9 Å². The van der Waals surface area contributed by atoms with Gasteiger partial charge in [0, 0.05) is 17.5 Å². The van der Waals surface area contributed by atoms with E-state index in [0.29, 0.717) is 18.8 Å². The number of carbonyl (C=O) groups excluding carboxylic acids is 1. The highest BCUT2D eigenvalue weighted by Gasteiger charge is 2.19. The molecule has 2 aromatic heterocycles. The van der Waals surface area contributed by atoms with Crippen LogP contribution in [-0.2, 0) is 24.3 Å². The number of hydrogen-bond acceptors (Lipinski definition) is 5. The Bertz CT molecular complexity index is 811. The minimum Gasteiger partial charge on any atom is -0.361 e. The predicted molar refractivity (Wildman–Crippen MR) is 92.5 cm³/mol. The highest BCUT2D eigenvalue weighted by Crippen LogP contribution is 2.18. The molecule has 0 atom stereocenters. The first-order chi connectivity index (χ1) is 11.6. The van der Waals surface area contributed by atoms with Gasteiger partial charge in [-0.2, -0.15) is 0 Å². The third-order valence-electron chi connectivity index (χ3n) is 3.75. The molecule has 0 aliphatic heterocycles. The number of thiazole rings is 1. The van der Waals surface area contributed by atoms with Gasteiger partial charge < -0.3 is 9.42 Å². The molecule has 2 heterocycles. The van der Waals surface area contributed by atoms with E-state index in [0.717, 1.165) is 21.8 Å². The molecule has 124 valence electrons. The summed E-state index contributed by atoms with van der Waals surface area (Å²) in [5, 5.41) is 3.85. The van der Waals surface area contributed by atoms with Crippen molar-refractivity contribution < 1.29 is 9.32 Å². The molecule has 0 saturated heterocycles.